The first-order valence-corrected chi connectivity index (χ1v) is 7.16. The summed E-state index contributed by atoms with van der Waals surface area (Å²) in [4.78, 5) is 25.8. The molecular weight excluding hydrogens is 302 g/mol. The van der Waals surface area contributed by atoms with Gasteiger partial charge in [-0.3, -0.25) is 4.79 Å². The normalized spacial score (nSPS) is 10.6. The third kappa shape index (κ3) is 7.77. The van der Waals surface area contributed by atoms with Crippen LogP contribution in [0.25, 0.3) is 10.4 Å². The minimum Gasteiger partial charge on any atom is -0.456 e. The maximum Gasteiger partial charge on any atom is 0.407 e. The first-order chi connectivity index (χ1) is 10.8. The molecule has 9 nitrogen and oxygen atoms in total. The van der Waals surface area contributed by atoms with Crippen molar-refractivity contribution in [3.63, 3.8) is 0 Å². The van der Waals surface area contributed by atoms with Crippen LogP contribution in [-0.2, 0) is 11.3 Å². The summed E-state index contributed by atoms with van der Waals surface area (Å²) in [6.45, 7) is 6.17. The van der Waals surface area contributed by atoms with Gasteiger partial charge >= 0.3 is 6.09 Å². The SMILES string of the molecule is CC(C)(C)OC(=O)NCCCNC(=O)c1ccc(CN=[N+]=[N-])o1. The molecule has 2 N–H and O–H groups in total. The van der Waals surface area contributed by atoms with Gasteiger partial charge in [0.2, 0.25) is 0 Å². The van der Waals surface area contributed by atoms with E-state index >= 15 is 0 Å². The molecule has 0 aromatic carbocycles. The number of nitrogens with one attached hydrogen (secondary N) is 2. The molecule has 126 valence electrons. The Morgan fingerprint density at radius 2 is 2.00 bits per heavy atom. The average Bonchev–Trinajstić information content (AvgIpc) is 2.91. The van der Waals surface area contributed by atoms with Crippen molar-refractivity contribution in [3.8, 4) is 0 Å². The van der Waals surface area contributed by atoms with E-state index in [4.69, 9.17) is 14.7 Å². The Bertz CT molecular complexity index is 584. The highest BCUT2D eigenvalue weighted by atomic mass is 16.6. The fourth-order valence-corrected chi connectivity index (χ4v) is 1.57. The molecule has 0 bridgehead atoms. The second kappa shape index (κ2) is 8.70. The molecule has 0 radical (unpaired) electrons. The zero-order valence-corrected chi connectivity index (χ0v) is 13.5. The molecular formula is C14H21N5O4. The van der Waals surface area contributed by atoms with Crippen LogP contribution in [0.15, 0.2) is 21.7 Å². The number of carbonyl (C=O) groups excluding carboxylic acids is 2. The van der Waals surface area contributed by atoms with Gasteiger partial charge in [-0.2, -0.15) is 0 Å². The first kappa shape index (κ1) is 18.4. The van der Waals surface area contributed by atoms with Gasteiger partial charge in [0.1, 0.15) is 11.4 Å². The van der Waals surface area contributed by atoms with E-state index in [9.17, 15) is 9.59 Å². The van der Waals surface area contributed by atoms with Crippen LogP contribution in [-0.4, -0.2) is 30.7 Å². The quantitative estimate of drug-likeness (QED) is 0.346. The summed E-state index contributed by atoms with van der Waals surface area (Å²) < 4.78 is 10.3. The van der Waals surface area contributed by atoms with Crippen molar-refractivity contribution in [2.45, 2.75) is 39.3 Å². The van der Waals surface area contributed by atoms with E-state index in [1.54, 1.807) is 26.8 Å². The Morgan fingerprint density at radius 1 is 1.30 bits per heavy atom. The first-order valence-electron chi connectivity index (χ1n) is 7.16. The van der Waals surface area contributed by atoms with E-state index in [-0.39, 0.29) is 18.2 Å². The molecule has 1 heterocycles. The Labute approximate surface area is 134 Å². The number of nitrogens with zero attached hydrogens (tertiary/aromatic N) is 3. The number of hydrogen-bond donors (Lipinski definition) is 2. The van der Waals surface area contributed by atoms with Crippen LogP contribution in [0.1, 0.15) is 43.5 Å². The highest BCUT2D eigenvalue weighted by Crippen LogP contribution is 2.09. The van der Waals surface area contributed by atoms with E-state index in [2.05, 4.69) is 20.7 Å². The Hall–Kier alpha value is -2.67. The molecule has 0 unspecified atom stereocenters. The molecule has 0 aliphatic rings. The van der Waals surface area contributed by atoms with Gasteiger partial charge in [0.25, 0.3) is 5.91 Å². The predicted molar refractivity (Wildman–Crippen MR) is 82.7 cm³/mol. The second-order valence-electron chi connectivity index (χ2n) is 5.69. The molecule has 0 saturated heterocycles. The van der Waals surface area contributed by atoms with E-state index in [1.807, 2.05) is 0 Å². The monoisotopic (exact) mass is 323 g/mol. The molecule has 0 spiro atoms. The van der Waals surface area contributed by atoms with Crippen LogP contribution in [0.5, 0.6) is 0 Å². The molecule has 1 aromatic rings. The van der Waals surface area contributed by atoms with E-state index in [0.29, 0.717) is 25.3 Å². The summed E-state index contributed by atoms with van der Waals surface area (Å²) >= 11 is 0. The molecule has 0 atom stereocenters. The zero-order valence-electron chi connectivity index (χ0n) is 13.5. The molecule has 0 aliphatic heterocycles. The lowest BCUT2D eigenvalue weighted by molar-refractivity contribution is 0.0527. The van der Waals surface area contributed by atoms with Gasteiger partial charge in [-0.1, -0.05) is 5.11 Å². The lowest BCUT2D eigenvalue weighted by Gasteiger charge is -2.19. The molecule has 1 aromatic heterocycles. The van der Waals surface area contributed by atoms with Crippen LogP contribution in [0.4, 0.5) is 4.79 Å². The fourth-order valence-electron chi connectivity index (χ4n) is 1.57. The van der Waals surface area contributed by atoms with E-state index in [1.165, 1.54) is 6.07 Å². The number of ether oxygens (including phenoxy) is 1. The lowest BCUT2D eigenvalue weighted by atomic mass is 10.2. The van der Waals surface area contributed by atoms with Gasteiger partial charge < -0.3 is 19.8 Å². The van der Waals surface area contributed by atoms with Gasteiger partial charge in [-0.25, -0.2) is 4.79 Å². The van der Waals surface area contributed by atoms with Gasteiger partial charge in [-0.05, 0) is 44.9 Å². The van der Waals surface area contributed by atoms with Crippen LogP contribution in [0.3, 0.4) is 0 Å². The van der Waals surface area contributed by atoms with Gasteiger partial charge in [0.15, 0.2) is 5.76 Å². The fraction of sp³-hybridized carbons (Fsp3) is 0.571. The van der Waals surface area contributed by atoms with E-state index in [0.717, 1.165) is 0 Å². The van der Waals surface area contributed by atoms with Crippen LogP contribution < -0.4 is 10.6 Å². The number of rotatable bonds is 7. The molecule has 2 amide bonds. The summed E-state index contributed by atoms with van der Waals surface area (Å²) in [6, 6.07) is 3.09. The number of azide groups is 1. The number of hydrogen-bond acceptors (Lipinski definition) is 5. The van der Waals surface area contributed by atoms with Crippen molar-refractivity contribution >= 4 is 12.0 Å². The van der Waals surface area contributed by atoms with Crippen LogP contribution in [0.2, 0.25) is 0 Å². The minimum absolute atomic E-state index is 0.0591. The van der Waals surface area contributed by atoms with Crippen molar-refractivity contribution in [1.29, 1.82) is 0 Å². The standard InChI is InChI=1S/C14H21N5O4/c1-14(2,3)23-13(21)17-8-4-7-16-12(20)11-6-5-10(22-11)9-18-19-15/h5-6H,4,7-9H2,1-3H3,(H,16,20)(H,17,21). The Balaban J connectivity index is 2.23. The molecule has 0 aliphatic carbocycles. The third-order valence-electron chi connectivity index (χ3n) is 2.48. The summed E-state index contributed by atoms with van der Waals surface area (Å²) in [5.41, 5.74) is 7.67. The Kier molecular flexibility index (Phi) is 6.95. The van der Waals surface area contributed by atoms with Crippen molar-refractivity contribution in [2.24, 2.45) is 5.11 Å². The summed E-state index contributed by atoms with van der Waals surface area (Å²) in [5.74, 6) is 0.197. The van der Waals surface area contributed by atoms with Crippen molar-refractivity contribution in [3.05, 3.63) is 34.1 Å². The maximum atomic E-state index is 11.8. The van der Waals surface area contributed by atoms with E-state index < -0.39 is 11.7 Å². The van der Waals surface area contributed by atoms with Crippen LogP contribution in [0, 0.1) is 0 Å². The maximum absolute atomic E-state index is 11.8. The smallest absolute Gasteiger partial charge is 0.407 e. The number of carbonyl (C=O) groups is 2. The molecule has 0 saturated carbocycles. The highest BCUT2D eigenvalue weighted by Gasteiger charge is 2.15. The summed E-state index contributed by atoms with van der Waals surface area (Å²) in [6.07, 6.45) is 0.0645. The number of amides is 2. The second-order valence-corrected chi connectivity index (χ2v) is 5.69. The molecule has 9 heteroatoms. The molecule has 1 rings (SSSR count). The predicted octanol–water partition coefficient (Wildman–Crippen LogP) is 2.73. The topological polar surface area (TPSA) is 129 Å². The van der Waals surface area contributed by atoms with Crippen molar-refractivity contribution < 1.29 is 18.7 Å². The van der Waals surface area contributed by atoms with Crippen molar-refractivity contribution in [2.75, 3.05) is 13.1 Å². The minimum atomic E-state index is -0.537. The highest BCUT2D eigenvalue weighted by molar-refractivity contribution is 5.91. The number of furan rings is 1. The summed E-state index contributed by atoms with van der Waals surface area (Å²) in [5, 5.41) is 8.61. The Morgan fingerprint density at radius 3 is 2.65 bits per heavy atom. The van der Waals surface area contributed by atoms with Gasteiger partial charge in [0, 0.05) is 18.0 Å². The molecule has 23 heavy (non-hydrogen) atoms. The molecule has 0 fully saturated rings. The average molecular weight is 323 g/mol. The zero-order chi connectivity index (χ0) is 17.3. The number of alkyl carbamates (subject to hydrolysis) is 1. The van der Waals surface area contributed by atoms with Gasteiger partial charge in [-0.15, -0.1) is 0 Å². The largest absolute Gasteiger partial charge is 0.456 e. The van der Waals surface area contributed by atoms with Crippen molar-refractivity contribution in [1.82, 2.24) is 10.6 Å². The van der Waals surface area contributed by atoms with Crippen LogP contribution >= 0.6 is 0 Å². The van der Waals surface area contributed by atoms with Gasteiger partial charge in [0.05, 0.1) is 6.54 Å². The lowest BCUT2D eigenvalue weighted by Crippen LogP contribution is -2.34. The summed E-state index contributed by atoms with van der Waals surface area (Å²) in [7, 11) is 0. The third-order valence-corrected chi connectivity index (χ3v) is 2.48.